The Balaban J connectivity index is 2.10. The highest BCUT2D eigenvalue weighted by Gasteiger charge is 2.20. The molecule has 7 heteroatoms. The smallest absolute Gasteiger partial charge is 0.211 e. The summed E-state index contributed by atoms with van der Waals surface area (Å²) in [7, 11) is -3.60. The Labute approximate surface area is 129 Å². The molecule has 0 spiro atoms. The summed E-state index contributed by atoms with van der Waals surface area (Å²) in [6, 6.07) is 6.88. The zero-order chi connectivity index (χ0) is 13.9. The maximum Gasteiger partial charge on any atom is 0.243 e. The van der Waals surface area contributed by atoms with Crippen molar-refractivity contribution in [2.24, 2.45) is 0 Å². The number of benzene rings is 1. The van der Waals surface area contributed by atoms with Crippen LogP contribution in [0.2, 0.25) is 5.02 Å². The van der Waals surface area contributed by atoms with Gasteiger partial charge in [0, 0.05) is 11.0 Å². The number of hydrogen-bond acceptors (Lipinski definition) is 3. The molecule has 1 heterocycles. The van der Waals surface area contributed by atoms with Crippen LogP contribution in [-0.4, -0.2) is 15.0 Å². The SMILES string of the molecule is O=S(=O)(NCCc1ccsc1)c1c(Cl)cccc1Br. The van der Waals surface area contributed by atoms with Gasteiger partial charge in [0.05, 0.1) is 5.02 Å². The van der Waals surface area contributed by atoms with Crippen molar-refractivity contribution in [3.05, 3.63) is 50.1 Å². The average Bonchev–Trinajstić information content (AvgIpc) is 2.81. The van der Waals surface area contributed by atoms with E-state index >= 15 is 0 Å². The third-order valence-electron chi connectivity index (χ3n) is 2.47. The van der Waals surface area contributed by atoms with E-state index in [9.17, 15) is 8.42 Å². The lowest BCUT2D eigenvalue weighted by Gasteiger charge is -2.09. The fourth-order valence-corrected chi connectivity index (χ4v) is 5.04. The number of rotatable bonds is 5. The molecule has 1 N–H and O–H groups in total. The molecule has 0 radical (unpaired) electrons. The molecule has 0 fully saturated rings. The van der Waals surface area contributed by atoms with Crippen LogP contribution in [0.25, 0.3) is 0 Å². The standard InChI is InChI=1S/C12H11BrClNO2S2/c13-10-2-1-3-11(14)12(10)19(16,17)15-6-4-9-5-7-18-8-9/h1-3,5,7-8,15H,4,6H2. The lowest BCUT2D eigenvalue weighted by atomic mass is 10.2. The Bertz CT molecular complexity index is 636. The molecule has 0 aliphatic rings. The second-order valence-corrected chi connectivity index (χ2v) is 7.58. The van der Waals surface area contributed by atoms with Gasteiger partial charge < -0.3 is 0 Å². The molecule has 0 saturated carbocycles. The van der Waals surface area contributed by atoms with Gasteiger partial charge in [0.2, 0.25) is 10.0 Å². The van der Waals surface area contributed by atoms with Gasteiger partial charge in [-0.25, -0.2) is 13.1 Å². The molecule has 0 aliphatic carbocycles. The highest BCUT2D eigenvalue weighted by Crippen LogP contribution is 2.28. The molecule has 2 rings (SSSR count). The molecule has 2 aromatic rings. The van der Waals surface area contributed by atoms with E-state index in [0.29, 0.717) is 17.4 Å². The van der Waals surface area contributed by atoms with E-state index in [1.165, 1.54) is 0 Å². The average molecular weight is 381 g/mol. The van der Waals surface area contributed by atoms with Crippen LogP contribution in [0.1, 0.15) is 5.56 Å². The maximum absolute atomic E-state index is 12.2. The van der Waals surface area contributed by atoms with E-state index in [-0.39, 0.29) is 9.92 Å². The lowest BCUT2D eigenvalue weighted by Crippen LogP contribution is -2.26. The maximum atomic E-state index is 12.2. The topological polar surface area (TPSA) is 46.2 Å². The number of hydrogen-bond donors (Lipinski definition) is 1. The van der Waals surface area contributed by atoms with Crippen LogP contribution in [0.15, 0.2) is 44.4 Å². The Morgan fingerprint density at radius 2 is 2.11 bits per heavy atom. The fraction of sp³-hybridized carbons (Fsp3) is 0.167. The second-order valence-electron chi connectivity index (χ2n) is 3.83. The van der Waals surface area contributed by atoms with Gasteiger partial charge in [0.15, 0.2) is 0 Å². The Hall–Kier alpha value is -0.400. The van der Waals surface area contributed by atoms with Crippen molar-refractivity contribution in [1.82, 2.24) is 4.72 Å². The van der Waals surface area contributed by atoms with Gasteiger partial charge >= 0.3 is 0 Å². The van der Waals surface area contributed by atoms with E-state index in [2.05, 4.69) is 20.7 Å². The van der Waals surface area contributed by atoms with Gasteiger partial charge in [-0.1, -0.05) is 17.7 Å². The van der Waals surface area contributed by atoms with E-state index < -0.39 is 10.0 Å². The van der Waals surface area contributed by atoms with Crippen LogP contribution in [-0.2, 0) is 16.4 Å². The first-order valence-corrected chi connectivity index (χ1v) is 9.05. The van der Waals surface area contributed by atoms with Gasteiger partial charge in [-0.2, -0.15) is 11.3 Å². The predicted molar refractivity (Wildman–Crippen MR) is 82.4 cm³/mol. The molecular weight excluding hydrogens is 370 g/mol. The molecule has 0 aliphatic heterocycles. The van der Waals surface area contributed by atoms with Crippen LogP contribution >= 0.6 is 38.9 Å². The molecule has 0 amide bonds. The van der Waals surface area contributed by atoms with Gasteiger partial charge in [-0.15, -0.1) is 0 Å². The first kappa shape index (κ1) is 15.0. The number of nitrogens with one attached hydrogen (secondary N) is 1. The molecule has 0 atom stereocenters. The highest BCUT2D eigenvalue weighted by molar-refractivity contribution is 9.10. The quantitative estimate of drug-likeness (QED) is 0.860. The van der Waals surface area contributed by atoms with Crippen LogP contribution in [0.5, 0.6) is 0 Å². The molecule has 0 saturated heterocycles. The molecule has 3 nitrogen and oxygen atoms in total. The van der Waals surface area contributed by atoms with E-state index in [4.69, 9.17) is 11.6 Å². The summed E-state index contributed by atoms with van der Waals surface area (Å²) in [6.07, 6.45) is 0.658. The van der Waals surface area contributed by atoms with Crippen molar-refractivity contribution in [1.29, 1.82) is 0 Å². The van der Waals surface area contributed by atoms with Gasteiger partial charge in [-0.05, 0) is 56.9 Å². The number of sulfonamides is 1. The van der Waals surface area contributed by atoms with Crippen molar-refractivity contribution in [2.75, 3.05) is 6.54 Å². The van der Waals surface area contributed by atoms with Crippen molar-refractivity contribution >= 4 is 48.9 Å². The summed E-state index contributed by atoms with van der Waals surface area (Å²) in [5.74, 6) is 0. The first-order chi connectivity index (χ1) is 9.00. The first-order valence-electron chi connectivity index (χ1n) is 5.45. The van der Waals surface area contributed by atoms with Crippen molar-refractivity contribution < 1.29 is 8.42 Å². The summed E-state index contributed by atoms with van der Waals surface area (Å²) < 4.78 is 27.4. The summed E-state index contributed by atoms with van der Waals surface area (Å²) in [4.78, 5) is 0.0852. The van der Waals surface area contributed by atoms with E-state index in [0.717, 1.165) is 5.56 Å². The van der Waals surface area contributed by atoms with Crippen LogP contribution in [0, 0.1) is 0 Å². The third-order valence-corrected chi connectivity index (χ3v) is 6.12. The largest absolute Gasteiger partial charge is 0.243 e. The van der Waals surface area contributed by atoms with Gasteiger partial charge in [0.1, 0.15) is 4.90 Å². The molecule has 0 unspecified atom stereocenters. The summed E-state index contributed by atoms with van der Waals surface area (Å²) in [6.45, 7) is 0.344. The third kappa shape index (κ3) is 3.79. The van der Waals surface area contributed by atoms with Crippen molar-refractivity contribution in [2.45, 2.75) is 11.3 Å². The minimum absolute atomic E-state index is 0.0852. The summed E-state index contributed by atoms with van der Waals surface area (Å²) >= 11 is 10.7. The lowest BCUT2D eigenvalue weighted by molar-refractivity contribution is 0.581. The minimum Gasteiger partial charge on any atom is -0.211 e. The Morgan fingerprint density at radius 1 is 1.32 bits per heavy atom. The number of thiophene rings is 1. The zero-order valence-electron chi connectivity index (χ0n) is 9.77. The van der Waals surface area contributed by atoms with Crippen LogP contribution in [0.4, 0.5) is 0 Å². The molecule has 102 valence electrons. The molecular formula is C12H11BrClNO2S2. The minimum atomic E-state index is -3.60. The molecule has 0 bridgehead atoms. The fourth-order valence-electron chi connectivity index (χ4n) is 1.58. The number of halogens is 2. The zero-order valence-corrected chi connectivity index (χ0v) is 13.7. The molecule has 1 aromatic heterocycles. The van der Waals surface area contributed by atoms with Crippen molar-refractivity contribution in [3.8, 4) is 0 Å². The molecule has 1 aromatic carbocycles. The van der Waals surface area contributed by atoms with E-state index in [1.54, 1.807) is 29.5 Å². The summed E-state index contributed by atoms with van der Waals surface area (Å²) in [5.41, 5.74) is 1.12. The normalized spacial score (nSPS) is 11.7. The highest BCUT2D eigenvalue weighted by atomic mass is 79.9. The monoisotopic (exact) mass is 379 g/mol. The second kappa shape index (κ2) is 6.37. The Kier molecular flexibility index (Phi) is 5.03. The van der Waals surface area contributed by atoms with Crippen LogP contribution < -0.4 is 4.72 Å². The van der Waals surface area contributed by atoms with Crippen LogP contribution in [0.3, 0.4) is 0 Å². The van der Waals surface area contributed by atoms with Gasteiger partial charge in [-0.3, -0.25) is 0 Å². The summed E-state index contributed by atoms with van der Waals surface area (Å²) in [5, 5.41) is 4.17. The van der Waals surface area contributed by atoms with E-state index in [1.807, 2.05) is 16.8 Å². The van der Waals surface area contributed by atoms with Crippen molar-refractivity contribution in [3.63, 3.8) is 0 Å². The van der Waals surface area contributed by atoms with Gasteiger partial charge in [0.25, 0.3) is 0 Å². The predicted octanol–water partition coefficient (Wildman–Crippen LogP) is 3.69. The Morgan fingerprint density at radius 3 is 2.74 bits per heavy atom. The molecule has 19 heavy (non-hydrogen) atoms.